The van der Waals surface area contributed by atoms with Crippen LogP contribution in [-0.4, -0.2) is 24.8 Å². The Morgan fingerprint density at radius 2 is 1.80 bits per heavy atom. The van der Waals surface area contributed by atoms with Gasteiger partial charge in [0.25, 0.3) is 0 Å². The normalized spacial score (nSPS) is 13.8. The van der Waals surface area contributed by atoms with Gasteiger partial charge in [-0.1, -0.05) is 33.3 Å². The lowest BCUT2D eigenvalue weighted by atomic mass is 10.0. The van der Waals surface area contributed by atoms with E-state index in [0.717, 1.165) is 25.3 Å². The molecule has 0 fully saturated rings. The fraction of sp³-hybridized carbons (Fsp3) is 0.812. The van der Waals surface area contributed by atoms with Gasteiger partial charge in [0.2, 0.25) is 0 Å². The summed E-state index contributed by atoms with van der Waals surface area (Å²) >= 11 is 0. The van der Waals surface area contributed by atoms with Crippen molar-refractivity contribution in [3.8, 4) is 0 Å². The molecule has 0 aromatic rings. The molecule has 1 amide bonds. The van der Waals surface area contributed by atoms with Crippen LogP contribution in [0.25, 0.3) is 0 Å². The van der Waals surface area contributed by atoms with Crippen LogP contribution in [0.2, 0.25) is 0 Å². The molecule has 2 N–H and O–H groups in total. The van der Waals surface area contributed by atoms with E-state index in [-0.39, 0.29) is 6.09 Å². The molecule has 0 bridgehead atoms. The molecule has 0 spiro atoms. The molecule has 20 heavy (non-hydrogen) atoms. The smallest absolute Gasteiger partial charge is 0.407 e. The first-order valence-electron chi connectivity index (χ1n) is 7.68. The second kappa shape index (κ2) is 9.67. The summed E-state index contributed by atoms with van der Waals surface area (Å²) < 4.78 is 5.17. The maximum atomic E-state index is 11.5. The van der Waals surface area contributed by atoms with E-state index in [9.17, 15) is 4.79 Å². The van der Waals surface area contributed by atoms with Crippen LogP contribution in [0, 0.1) is 5.92 Å². The molecule has 4 heteroatoms. The quantitative estimate of drug-likeness (QED) is 0.666. The van der Waals surface area contributed by atoms with Gasteiger partial charge in [0, 0.05) is 18.8 Å². The van der Waals surface area contributed by atoms with Gasteiger partial charge in [-0.05, 0) is 39.5 Å². The number of hydrogen-bond donors (Lipinski definition) is 2. The molecule has 0 saturated heterocycles. The first-order valence-corrected chi connectivity index (χ1v) is 7.68. The lowest BCUT2D eigenvalue weighted by Gasteiger charge is -2.20. The zero-order chi connectivity index (χ0) is 15.6. The Morgan fingerprint density at radius 1 is 1.20 bits per heavy atom. The molecule has 0 aromatic heterocycles. The molecule has 0 aliphatic carbocycles. The fourth-order valence-corrected chi connectivity index (χ4v) is 1.55. The van der Waals surface area contributed by atoms with E-state index in [2.05, 4.69) is 37.5 Å². The van der Waals surface area contributed by atoms with Crippen molar-refractivity contribution >= 4 is 6.09 Å². The zero-order valence-electron chi connectivity index (χ0n) is 14.0. The molecule has 4 nitrogen and oxygen atoms in total. The number of alkyl carbamates (subject to hydrolysis) is 1. The summed E-state index contributed by atoms with van der Waals surface area (Å²) in [7, 11) is 0. The lowest BCUT2D eigenvalue weighted by Crippen LogP contribution is -2.36. The van der Waals surface area contributed by atoms with Crippen molar-refractivity contribution in [2.45, 2.75) is 66.4 Å². The Morgan fingerprint density at radius 3 is 2.30 bits per heavy atom. The van der Waals surface area contributed by atoms with Gasteiger partial charge in [-0.25, -0.2) is 4.79 Å². The molecule has 0 aliphatic heterocycles. The number of nitrogens with one attached hydrogen (secondary N) is 2. The van der Waals surface area contributed by atoms with E-state index >= 15 is 0 Å². The second-order valence-corrected chi connectivity index (χ2v) is 6.19. The molecule has 0 aliphatic rings. The van der Waals surface area contributed by atoms with Gasteiger partial charge in [-0.3, -0.25) is 0 Å². The highest BCUT2D eigenvalue weighted by Crippen LogP contribution is 2.09. The van der Waals surface area contributed by atoms with E-state index in [4.69, 9.17) is 4.74 Å². The molecule has 0 unspecified atom stereocenters. The number of carbonyl (C=O) groups is 1. The van der Waals surface area contributed by atoms with Crippen LogP contribution in [0.3, 0.4) is 0 Å². The van der Waals surface area contributed by atoms with Crippen LogP contribution >= 0.6 is 0 Å². The maximum Gasteiger partial charge on any atom is 0.407 e. The Hall–Kier alpha value is -1.19. The number of rotatable bonds is 8. The lowest BCUT2D eigenvalue weighted by molar-refractivity contribution is 0.0528. The van der Waals surface area contributed by atoms with Gasteiger partial charge in [0.15, 0.2) is 0 Å². The fourth-order valence-electron chi connectivity index (χ4n) is 1.55. The highest BCUT2D eigenvalue weighted by atomic mass is 16.6. The topological polar surface area (TPSA) is 50.4 Å². The summed E-state index contributed by atoms with van der Waals surface area (Å²) in [5, 5.41) is 6.10. The van der Waals surface area contributed by atoms with E-state index in [0.29, 0.717) is 6.54 Å². The van der Waals surface area contributed by atoms with Crippen LogP contribution in [0.5, 0.6) is 0 Å². The number of hydrogen-bond acceptors (Lipinski definition) is 3. The molecule has 0 aromatic carbocycles. The van der Waals surface area contributed by atoms with Crippen molar-refractivity contribution in [3.05, 3.63) is 11.8 Å². The summed E-state index contributed by atoms with van der Waals surface area (Å²) in [5.74, 6) is 0.721. The van der Waals surface area contributed by atoms with Crippen molar-refractivity contribution in [1.29, 1.82) is 0 Å². The molecule has 0 radical (unpaired) electrons. The third kappa shape index (κ3) is 10.7. The van der Waals surface area contributed by atoms with Gasteiger partial charge in [0.1, 0.15) is 5.60 Å². The van der Waals surface area contributed by atoms with E-state index in [1.807, 2.05) is 20.8 Å². The average molecular weight is 284 g/mol. The van der Waals surface area contributed by atoms with Gasteiger partial charge in [0.05, 0.1) is 0 Å². The molecule has 0 saturated carbocycles. The predicted molar refractivity (Wildman–Crippen MR) is 84.7 cm³/mol. The van der Waals surface area contributed by atoms with Crippen LogP contribution in [0.1, 0.15) is 60.8 Å². The minimum Gasteiger partial charge on any atom is -0.444 e. The van der Waals surface area contributed by atoms with Crippen molar-refractivity contribution in [2.75, 3.05) is 13.1 Å². The van der Waals surface area contributed by atoms with E-state index in [1.165, 1.54) is 12.1 Å². The summed E-state index contributed by atoms with van der Waals surface area (Å²) in [6.45, 7) is 13.5. The largest absolute Gasteiger partial charge is 0.444 e. The zero-order valence-corrected chi connectivity index (χ0v) is 14.0. The van der Waals surface area contributed by atoms with Gasteiger partial charge in [-0.2, -0.15) is 0 Å². The van der Waals surface area contributed by atoms with Gasteiger partial charge in [-0.15, -0.1) is 0 Å². The Bertz CT molecular complexity index is 306. The van der Waals surface area contributed by atoms with E-state index < -0.39 is 5.60 Å². The van der Waals surface area contributed by atoms with Crippen LogP contribution < -0.4 is 10.6 Å². The third-order valence-corrected chi connectivity index (χ3v) is 2.99. The Balaban J connectivity index is 3.89. The highest BCUT2D eigenvalue weighted by Gasteiger charge is 2.15. The van der Waals surface area contributed by atoms with Gasteiger partial charge < -0.3 is 15.4 Å². The standard InChI is InChI=1S/C16H32N2O2/c1-7-13(3)9-10-14(8-2)17-11-12-18-15(19)20-16(4,5)6/h10,13,17H,7-9,11-12H2,1-6H3,(H,18,19)/b14-10+/t13-/m0/s1. The minimum atomic E-state index is -0.442. The van der Waals surface area contributed by atoms with Crippen molar-refractivity contribution in [3.63, 3.8) is 0 Å². The first kappa shape index (κ1) is 18.8. The van der Waals surface area contributed by atoms with Crippen molar-refractivity contribution in [1.82, 2.24) is 10.6 Å². The highest BCUT2D eigenvalue weighted by molar-refractivity contribution is 5.67. The summed E-state index contributed by atoms with van der Waals surface area (Å²) in [5.41, 5.74) is 0.804. The molecular weight excluding hydrogens is 252 g/mol. The number of amides is 1. The first-order chi connectivity index (χ1) is 9.28. The molecule has 0 heterocycles. The number of ether oxygens (including phenoxy) is 1. The van der Waals surface area contributed by atoms with Crippen LogP contribution in [0.4, 0.5) is 4.79 Å². The summed E-state index contributed by atoms with van der Waals surface area (Å²) in [6.07, 6.45) is 5.20. The van der Waals surface area contributed by atoms with Crippen molar-refractivity contribution < 1.29 is 9.53 Å². The summed E-state index contributed by atoms with van der Waals surface area (Å²) in [6, 6.07) is 0. The Labute approximate surface area is 124 Å². The average Bonchev–Trinajstić information content (AvgIpc) is 2.35. The SMILES string of the molecule is CC/C(=C\C[C@@H](C)CC)NCCNC(=O)OC(C)(C)C. The van der Waals surface area contributed by atoms with Crippen LogP contribution in [0.15, 0.2) is 11.8 Å². The van der Waals surface area contributed by atoms with Gasteiger partial charge >= 0.3 is 6.09 Å². The molecule has 1 atom stereocenters. The molecule has 118 valence electrons. The van der Waals surface area contributed by atoms with E-state index in [1.54, 1.807) is 0 Å². The predicted octanol–water partition coefficient (Wildman–Crippen LogP) is 3.83. The Kier molecular flexibility index (Phi) is 9.10. The molecular formula is C16H32N2O2. The maximum absolute atomic E-state index is 11.5. The monoisotopic (exact) mass is 284 g/mol. The summed E-state index contributed by atoms with van der Waals surface area (Å²) in [4.78, 5) is 11.5. The van der Waals surface area contributed by atoms with Crippen LogP contribution in [-0.2, 0) is 4.74 Å². The number of carbonyl (C=O) groups excluding carboxylic acids is 1. The second-order valence-electron chi connectivity index (χ2n) is 6.19. The number of allylic oxidation sites excluding steroid dienone is 2. The van der Waals surface area contributed by atoms with Crippen molar-refractivity contribution in [2.24, 2.45) is 5.92 Å². The minimum absolute atomic E-state index is 0.360. The third-order valence-electron chi connectivity index (χ3n) is 2.99. The molecule has 0 rings (SSSR count).